The van der Waals surface area contributed by atoms with Crippen LogP contribution in [0.1, 0.15) is 84.3 Å². The Balaban J connectivity index is 1.62. The van der Waals surface area contributed by atoms with Gasteiger partial charge in [-0.1, -0.05) is 20.3 Å². The third kappa shape index (κ3) is 11.1. The van der Waals surface area contributed by atoms with Crippen molar-refractivity contribution in [1.29, 1.82) is 0 Å². The quantitative estimate of drug-likeness (QED) is 0.0765. The minimum Gasteiger partial charge on any atom is -0.493 e. The van der Waals surface area contributed by atoms with E-state index in [2.05, 4.69) is 10.6 Å². The molecule has 2 unspecified atom stereocenters. The van der Waals surface area contributed by atoms with Gasteiger partial charge in [0.15, 0.2) is 11.5 Å². The van der Waals surface area contributed by atoms with E-state index in [0.717, 1.165) is 0 Å². The van der Waals surface area contributed by atoms with Crippen molar-refractivity contribution in [2.45, 2.75) is 78.7 Å². The molecule has 1 aromatic carbocycles. The second kappa shape index (κ2) is 17.8. The number of nitrogens with one attached hydrogen (secondary N) is 2. The summed E-state index contributed by atoms with van der Waals surface area (Å²) in [5.74, 6) is -0.919. The number of carbonyl (C=O) groups is 5. The summed E-state index contributed by atoms with van der Waals surface area (Å²) in [6, 6.07) is 2.59. The zero-order chi connectivity index (χ0) is 32.8. The number of ether oxygens (including phenoxy) is 3. The van der Waals surface area contributed by atoms with Crippen LogP contribution in [-0.2, 0) is 28.7 Å². The van der Waals surface area contributed by atoms with Gasteiger partial charge in [0.05, 0.1) is 30.3 Å². The molecule has 4 amide bonds. The molecule has 1 aliphatic rings. The Morgan fingerprint density at radius 1 is 1.00 bits per heavy atom. The standard InChI is InChI=1S/C30H44N4O10/c1-19(2)22-17-29(38)33(30(22)39)14-8-6-7-10-27(36)31-12-13-32-28(37)11-9-15-43-26-18-24(34(40)41)23(16-25(26)42-5)20(3)44-21(4)35/h16,18-20,22H,6-15,17H2,1-5H3,(H,31,36)(H,32,37). The normalized spacial score (nSPS) is 15.2. The highest BCUT2D eigenvalue weighted by molar-refractivity contribution is 6.03. The molecule has 2 atom stereocenters. The predicted molar refractivity (Wildman–Crippen MR) is 159 cm³/mol. The van der Waals surface area contributed by atoms with E-state index in [9.17, 15) is 34.1 Å². The summed E-state index contributed by atoms with van der Waals surface area (Å²) in [5.41, 5.74) is -0.127. The van der Waals surface area contributed by atoms with Gasteiger partial charge in [-0.25, -0.2) is 0 Å². The summed E-state index contributed by atoms with van der Waals surface area (Å²) < 4.78 is 16.0. The third-order valence-corrected chi connectivity index (χ3v) is 7.23. The maximum Gasteiger partial charge on any atom is 0.303 e. The van der Waals surface area contributed by atoms with E-state index < -0.39 is 17.0 Å². The van der Waals surface area contributed by atoms with Crippen molar-refractivity contribution in [3.8, 4) is 11.5 Å². The number of unbranched alkanes of at least 4 members (excludes halogenated alkanes) is 2. The number of benzene rings is 1. The molecule has 0 aliphatic carbocycles. The summed E-state index contributed by atoms with van der Waals surface area (Å²) >= 11 is 0. The van der Waals surface area contributed by atoms with Gasteiger partial charge in [0.1, 0.15) is 6.10 Å². The van der Waals surface area contributed by atoms with Gasteiger partial charge in [-0.3, -0.25) is 39.0 Å². The van der Waals surface area contributed by atoms with Crippen LogP contribution in [0.3, 0.4) is 0 Å². The lowest BCUT2D eigenvalue weighted by molar-refractivity contribution is -0.386. The minimum atomic E-state index is -0.867. The summed E-state index contributed by atoms with van der Waals surface area (Å²) in [5, 5.41) is 17.0. The second-order valence-electron chi connectivity index (χ2n) is 11.0. The molecule has 0 saturated carbocycles. The largest absolute Gasteiger partial charge is 0.493 e. The number of nitro groups is 1. The van der Waals surface area contributed by atoms with Gasteiger partial charge in [0.2, 0.25) is 23.6 Å². The van der Waals surface area contributed by atoms with Crippen molar-refractivity contribution < 1.29 is 43.1 Å². The van der Waals surface area contributed by atoms with Gasteiger partial charge in [-0.15, -0.1) is 0 Å². The summed E-state index contributed by atoms with van der Waals surface area (Å²) in [4.78, 5) is 72.2. The molecular weight excluding hydrogens is 576 g/mol. The number of carbonyl (C=O) groups excluding carboxylic acids is 5. The Kier molecular flexibility index (Phi) is 14.5. The fraction of sp³-hybridized carbons (Fsp3) is 0.633. The first-order chi connectivity index (χ1) is 20.8. The van der Waals surface area contributed by atoms with Gasteiger partial charge < -0.3 is 24.8 Å². The van der Waals surface area contributed by atoms with Crippen LogP contribution in [0.2, 0.25) is 0 Å². The van der Waals surface area contributed by atoms with Crippen LogP contribution >= 0.6 is 0 Å². The molecule has 14 heteroatoms. The van der Waals surface area contributed by atoms with Crippen LogP contribution in [0.4, 0.5) is 5.69 Å². The topological polar surface area (TPSA) is 183 Å². The van der Waals surface area contributed by atoms with E-state index in [1.807, 2.05) is 13.8 Å². The maximum absolute atomic E-state index is 12.3. The van der Waals surface area contributed by atoms with Gasteiger partial charge in [0.25, 0.3) is 5.69 Å². The lowest BCUT2D eigenvalue weighted by Gasteiger charge is -2.16. The number of hydrogen-bond acceptors (Lipinski definition) is 10. The Morgan fingerprint density at radius 2 is 1.64 bits per heavy atom. The molecule has 0 aromatic heterocycles. The predicted octanol–water partition coefficient (Wildman–Crippen LogP) is 3.21. The maximum atomic E-state index is 12.3. The van der Waals surface area contributed by atoms with E-state index in [4.69, 9.17) is 14.2 Å². The monoisotopic (exact) mass is 620 g/mol. The van der Waals surface area contributed by atoms with Crippen LogP contribution < -0.4 is 20.1 Å². The lowest BCUT2D eigenvalue weighted by atomic mass is 9.94. The first-order valence-corrected chi connectivity index (χ1v) is 14.9. The number of hydrogen-bond donors (Lipinski definition) is 2. The molecule has 1 heterocycles. The molecule has 1 aromatic rings. The Morgan fingerprint density at radius 3 is 2.18 bits per heavy atom. The molecule has 1 fully saturated rings. The molecule has 244 valence electrons. The summed E-state index contributed by atoms with van der Waals surface area (Å²) in [6.07, 6.45) is 2.18. The van der Waals surface area contributed by atoms with Crippen molar-refractivity contribution in [3.63, 3.8) is 0 Å². The Bertz CT molecular complexity index is 1200. The molecule has 44 heavy (non-hydrogen) atoms. The molecule has 2 N–H and O–H groups in total. The summed E-state index contributed by atoms with van der Waals surface area (Å²) in [6.45, 7) is 7.61. The van der Waals surface area contributed by atoms with Gasteiger partial charge >= 0.3 is 5.97 Å². The van der Waals surface area contributed by atoms with Crippen LogP contribution in [-0.4, -0.2) is 72.8 Å². The first-order valence-electron chi connectivity index (χ1n) is 14.9. The van der Waals surface area contributed by atoms with Crippen molar-refractivity contribution in [1.82, 2.24) is 15.5 Å². The van der Waals surface area contributed by atoms with Crippen molar-refractivity contribution in [2.75, 3.05) is 33.4 Å². The zero-order valence-corrected chi connectivity index (χ0v) is 26.1. The van der Waals surface area contributed by atoms with Crippen LogP contribution in [0.5, 0.6) is 11.5 Å². The Labute approximate surface area is 257 Å². The van der Waals surface area contributed by atoms with E-state index in [1.54, 1.807) is 0 Å². The summed E-state index contributed by atoms with van der Waals surface area (Å²) in [7, 11) is 1.38. The number of amides is 4. The molecule has 0 radical (unpaired) electrons. The van der Waals surface area contributed by atoms with Crippen LogP contribution in [0.15, 0.2) is 12.1 Å². The number of methoxy groups -OCH3 is 1. The lowest BCUT2D eigenvalue weighted by Crippen LogP contribution is -2.34. The van der Waals surface area contributed by atoms with Crippen molar-refractivity contribution >= 4 is 35.3 Å². The first kappa shape index (κ1) is 36.0. The molecule has 1 saturated heterocycles. The number of imide groups is 1. The van der Waals surface area contributed by atoms with Crippen molar-refractivity contribution in [3.05, 3.63) is 27.8 Å². The number of likely N-dealkylation sites (tertiary alicyclic amines) is 1. The van der Waals surface area contributed by atoms with Crippen molar-refractivity contribution in [2.24, 2.45) is 11.8 Å². The highest BCUT2D eigenvalue weighted by Gasteiger charge is 2.39. The number of nitro benzene ring substituents is 1. The fourth-order valence-electron chi connectivity index (χ4n) is 4.83. The highest BCUT2D eigenvalue weighted by atomic mass is 16.6. The highest BCUT2D eigenvalue weighted by Crippen LogP contribution is 2.38. The molecule has 0 spiro atoms. The Hall–Kier alpha value is -4.23. The van der Waals surface area contributed by atoms with Gasteiger partial charge in [-0.2, -0.15) is 0 Å². The van der Waals surface area contributed by atoms with E-state index in [1.165, 1.54) is 38.0 Å². The van der Waals surface area contributed by atoms with E-state index >= 15 is 0 Å². The molecule has 14 nitrogen and oxygen atoms in total. The zero-order valence-electron chi connectivity index (χ0n) is 26.1. The molecular formula is C30H44N4O10. The number of esters is 1. The fourth-order valence-corrected chi connectivity index (χ4v) is 4.83. The molecule has 0 bridgehead atoms. The number of nitrogens with zero attached hydrogens (tertiary/aromatic N) is 2. The minimum absolute atomic E-state index is 0.0922. The van der Waals surface area contributed by atoms with Gasteiger partial charge in [0, 0.05) is 51.7 Å². The third-order valence-electron chi connectivity index (χ3n) is 7.23. The second-order valence-corrected chi connectivity index (χ2v) is 11.0. The van der Waals surface area contributed by atoms with E-state index in [-0.39, 0.29) is 90.8 Å². The average Bonchev–Trinajstić information content (AvgIpc) is 3.25. The van der Waals surface area contributed by atoms with Crippen LogP contribution in [0, 0.1) is 22.0 Å². The van der Waals surface area contributed by atoms with Gasteiger partial charge in [-0.05, 0) is 38.2 Å². The molecule has 2 rings (SSSR count). The SMILES string of the molecule is COc1cc(C(C)OC(C)=O)c([N+](=O)[O-])cc1OCCCC(=O)NCCNC(=O)CCCCCN1C(=O)CC(C(C)C)C1=O. The average molecular weight is 621 g/mol. The number of rotatable bonds is 19. The van der Waals surface area contributed by atoms with Crippen LogP contribution in [0.25, 0.3) is 0 Å². The van der Waals surface area contributed by atoms with E-state index in [0.29, 0.717) is 38.6 Å². The smallest absolute Gasteiger partial charge is 0.303 e. The molecule has 1 aliphatic heterocycles.